The first kappa shape index (κ1) is 14.2. The van der Waals surface area contributed by atoms with Gasteiger partial charge >= 0.3 is 0 Å². The van der Waals surface area contributed by atoms with Crippen molar-refractivity contribution in [2.45, 2.75) is 32.8 Å². The molecule has 0 spiro atoms. The number of hydrogen-bond donors (Lipinski definition) is 2. The zero-order valence-electron chi connectivity index (χ0n) is 11.7. The molecule has 106 valence electrons. The topological polar surface area (TPSA) is 50.7 Å². The second-order valence-corrected chi connectivity index (χ2v) is 4.97. The minimum atomic E-state index is -0.510. The summed E-state index contributed by atoms with van der Waals surface area (Å²) >= 11 is 0. The first-order valence-corrected chi connectivity index (χ1v) is 7.02. The van der Waals surface area contributed by atoms with E-state index >= 15 is 0 Å². The summed E-state index contributed by atoms with van der Waals surface area (Å²) in [5, 5.41) is 13.5. The fourth-order valence-corrected chi connectivity index (χ4v) is 2.24. The van der Waals surface area contributed by atoms with Gasteiger partial charge in [-0.3, -0.25) is 0 Å². The number of aliphatic hydroxyl groups is 1. The first-order chi connectivity index (χ1) is 9.24. The third-order valence-electron chi connectivity index (χ3n) is 3.71. The van der Waals surface area contributed by atoms with Crippen molar-refractivity contribution in [2.75, 3.05) is 19.9 Å². The van der Waals surface area contributed by atoms with Gasteiger partial charge in [-0.1, -0.05) is 32.8 Å². The van der Waals surface area contributed by atoms with Crippen molar-refractivity contribution in [3.8, 4) is 11.5 Å². The predicted molar refractivity (Wildman–Crippen MR) is 74.5 cm³/mol. The molecule has 0 amide bonds. The van der Waals surface area contributed by atoms with Gasteiger partial charge in [-0.05, 0) is 30.2 Å². The van der Waals surface area contributed by atoms with Crippen molar-refractivity contribution >= 4 is 0 Å². The highest BCUT2D eigenvalue weighted by Crippen LogP contribution is 2.34. The van der Waals surface area contributed by atoms with Crippen LogP contribution in [0.25, 0.3) is 0 Å². The Bertz CT molecular complexity index is 404. The molecule has 0 aromatic heterocycles. The van der Waals surface area contributed by atoms with Crippen molar-refractivity contribution in [3.63, 3.8) is 0 Å². The summed E-state index contributed by atoms with van der Waals surface area (Å²) < 4.78 is 10.6. The van der Waals surface area contributed by atoms with E-state index in [1.54, 1.807) is 0 Å². The van der Waals surface area contributed by atoms with E-state index in [0.29, 0.717) is 12.5 Å². The molecular formula is C15H23NO3. The lowest BCUT2D eigenvalue weighted by Crippen LogP contribution is -2.27. The third kappa shape index (κ3) is 3.61. The third-order valence-corrected chi connectivity index (χ3v) is 3.71. The van der Waals surface area contributed by atoms with Crippen LogP contribution in [0.15, 0.2) is 18.2 Å². The number of rotatable bonds is 7. The van der Waals surface area contributed by atoms with Crippen molar-refractivity contribution in [3.05, 3.63) is 23.8 Å². The molecule has 1 aliphatic rings. The average molecular weight is 265 g/mol. The van der Waals surface area contributed by atoms with E-state index in [0.717, 1.165) is 23.6 Å². The normalized spacial score (nSPS) is 14.9. The monoisotopic (exact) mass is 265 g/mol. The number of benzene rings is 1. The van der Waals surface area contributed by atoms with Gasteiger partial charge in [-0.25, -0.2) is 0 Å². The van der Waals surface area contributed by atoms with Crippen LogP contribution in [0, 0.1) is 5.92 Å². The molecule has 1 atom stereocenters. The van der Waals surface area contributed by atoms with Gasteiger partial charge in [-0.15, -0.1) is 0 Å². The van der Waals surface area contributed by atoms with Crippen molar-refractivity contribution in [2.24, 2.45) is 5.92 Å². The van der Waals surface area contributed by atoms with E-state index in [2.05, 4.69) is 19.2 Å². The van der Waals surface area contributed by atoms with Gasteiger partial charge in [0.05, 0.1) is 6.10 Å². The van der Waals surface area contributed by atoms with E-state index in [4.69, 9.17) is 9.47 Å². The zero-order valence-corrected chi connectivity index (χ0v) is 11.7. The molecule has 0 radical (unpaired) electrons. The second-order valence-electron chi connectivity index (χ2n) is 4.97. The van der Waals surface area contributed by atoms with Gasteiger partial charge in [0.2, 0.25) is 6.79 Å². The molecule has 1 heterocycles. The van der Waals surface area contributed by atoms with Crippen LogP contribution in [-0.4, -0.2) is 25.0 Å². The summed E-state index contributed by atoms with van der Waals surface area (Å²) in [7, 11) is 0. The van der Waals surface area contributed by atoms with Gasteiger partial charge in [-0.2, -0.15) is 0 Å². The maximum Gasteiger partial charge on any atom is 0.231 e. The number of aliphatic hydroxyl groups excluding tert-OH is 1. The Hall–Kier alpha value is -1.26. The Kier molecular flexibility index (Phi) is 5.05. The molecule has 2 N–H and O–H groups in total. The SMILES string of the molecule is CCC(CC)CNCC(O)c1ccc2c(c1)OCO2. The number of fused-ring (bicyclic) bond motifs is 1. The van der Waals surface area contributed by atoms with Gasteiger partial charge in [0.1, 0.15) is 0 Å². The molecule has 4 heteroatoms. The van der Waals surface area contributed by atoms with Crippen LogP contribution in [0.1, 0.15) is 38.4 Å². The molecular weight excluding hydrogens is 242 g/mol. The predicted octanol–water partition coefficient (Wildman–Crippen LogP) is 2.47. The maximum absolute atomic E-state index is 10.2. The fraction of sp³-hybridized carbons (Fsp3) is 0.600. The van der Waals surface area contributed by atoms with Gasteiger partial charge < -0.3 is 19.9 Å². The largest absolute Gasteiger partial charge is 0.454 e. The Labute approximate surface area is 114 Å². The maximum atomic E-state index is 10.2. The molecule has 19 heavy (non-hydrogen) atoms. The number of hydrogen-bond acceptors (Lipinski definition) is 4. The first-order valence-electron chi connectivity index (χ1n) is 7.02. The Morgan fingerprint density at radius 1 is 1.16 bits per heavy atom. The minimum absolute atomic E-state index is 0.266. The lowest BCUT2D eigenvalue weighted by molar-refractivity contribution is 0.169. The summed E-state index contributed by atoms with van der Waals surface area (Å²) in [6.07, 6.45) is 1.83. The standard InChI is InChI=1S/C15H23NO3/c1-3-11(4-2)8-16-9-13(17)12-5-6-14-15(7-12)19-10-18-14/h5-7,11,13,16-17H,3-4,8-10H2,1-2H3. The van der Waals surface area contributed by atoms with Crippen LogP contribution < -0.4 is 14.8 Å². The smallest absolute Gasteiger partial charge is 0.231 e. The van der Waals surface area contributed by atoms with E-state index in [9.17, 15) is 5.11 Å². The van der Waals surface area contributed by atoms with Gasteiger partial charge in [0.25, 0.3) is 0 Å². The summed E-state index contributed by atoms with van der Waals surface area (Å²) in [5.74, 6) is 2.15. The summed E-state index contributed by atoms with van der Waals surface area (Å²) in [4.78, 5) is 0. The van der Waals surface area contributed by atoms with Crippen molar-refractivity contribution in [1.82, 2.24) is 5.32 Å². The van der Waals surface area contributed by atoms with Crippen molar-refractivity contribution < 1.29 is 14.6 Å². The summed E-state index contributed by atoms with van der Waals surface area (Å²) in [5.41, 5.74) is 0.862. The molecule has 0 aliphatic carbocycles. The molecule has 0 fully saturated rings. The summed E-state index contributed by atoms with van der Waals surface area (Å²) in [6.45, 7) is 6.18. The van der Waals surface area contributed by atoms with E-state index < -0.39 is 6.10 Å². The Morgan fingerprint density at radius 2 is 1.89 bits per heavy atom. The van der Waals surface area contributed by atoms with Crippen molar-refractivity contribution in [1.29, 1.82) is 0 Å². The second kappa shape index (κ2) is 6.78. The van der Waals surface area contributed by atoms with E-state index in [1.165, 1.54) is 12.8 Å². The van der Waals surface area contributed by atoms with Crippen LogP contribution in [0.5, 0.6) is 11.5 Å². The molecule has 0 saturated heterocycles. The number of ether oxygens (including phenoxy) is 2. The zero-order chi connectivity index (χ0) is 13.7. The number of nitrogens with one attached hydrogen (secondary N) is 1. The Balaban J connectivity index is 1.84. The highest BCUT2D eigenvalue weighted by atomic mass is 16.7. The molecule has 1 unspecified atom stereocenters. The molecule has 1 aromatic rings. The Morgan fingerprint density at radius 3 is 2.63 bits per heavy atom. The lowest BCUT2D eigenvalue weighted by atomic mass is 10.0. The van der Waals surface area contributed by atoms with E-state index in [1.807, 2.05) is 18.2 Å². The van der Waals surface area contributed by atoms with E-state index in [-0.39, 0.29) is 6.79 Å². The van der Waals surface area contributed by atoms with Crippen LogP contribution in [-0.2, 0) is 0 Å². The summed E-state index contributed by atoms with van der Waals surface area (Å²) in [6, 6.07) is 5.59. The fourth-order valence-electron chi connectivity index (χ4n) is 2.24. The molecule has 4 nitrogen and oxygen atoms in total. The molecule has 1 aromatic carbocycles. The molecule has 0 bridgehead atoms. The quantitative estimate of drug-likeness (QED) is 0.795. The van der Waals surface area contributed by atoms with Gasteiger partial charge in [0.15, 0.2) is 11.5 Å². The molecule has 2 rings (SSSR count). The highest BCUT2D eigenvalue weighted by Gasteiger charge is 2.16. The van der Waals surface area contributed by atoms with Crippen LogP contribution >= 0.6 is 0 Å². The average Bonchev–Trinajstić information content (AvgIpc) is 2.90. The van der Waals surface area contributed by atoms with Gasteiger partial charge in [0, 0.05) is 6.54 Å². The highest BCUT2D eigenvalue weighted by molar-refractivity contribution is 5.45. The molecule has 0 saturated carbocycles. The van der Waals surface area contributed by atoms with Crippen LogP contribution in [0.4, 0.5) is 0 Å². The van der Waals surface area contributed by atoms with Crippen LogP contribution in [0.3, 0.4) is 0 Å². The van der Waals surface area contributed by atoms with Crippen LogP contribution in [0.2, 0.25) is 0 Å². The lowest BCUT2D eigenvalue weighted by Gasteiger charge is -2.16. The minimum Gasteiger partial charge on any atom is -0.454 e. The molecule has 1 aliphatic heterocycles.